The molecule has 0 amide bonds. The van der Waals surface area contributed by atoms with Crippen LogP contribution in [0.25, 0.3) is 0 Å². The Morgan fingerprint density at radius 3 is 2.92 bits per heavy atom. The minimum atomic E-state index is -1.58. The zero-order valence-electron chi connectivity index (χ0n) is 5.97. The van der Waals surface area contributed by atoms with Crippen molar-refractivity contribution < 1.29 is 15.0 Å². The van der Waals surface area contributed by atoms with Gasteiger partial charge < -0.3 is 10.2 Å². The molecule has 1 rings (SSSR count). The molecule has 0 radical (unpaired) electrons. The van der Waals surface area contributed by atoms with Crippen LogP contribution in [-0.4, -0.2) is 37.1 Å². The average molecular weight is 173 g/mol. The predicted octanol–water partition coefficient (Wildman–Crippen LogP) is -1.98. The number of rotatable bonds is 3. The van der Waals surface area contributed by atoms with Crippen molar-refractivity contribution in [3.63, 3.8) is 0 Å². The van der Waals surface area contributed by atoms with Gasteiger partial charge in [0.15, 0.2) is 6.10 Å². The first-order valence-electron chi connectivity index (χ1n) is 3.12. The molecule has 0 aliphatic heterocycles. The van der Waals surface area contributed by atoms with E-state index in [0.717, 1.165) is 10.9 Å². The van der Waals surface area contributed by atoms with Crippen LogP contribution in [0.5, 0.6) is 0 Å². The van der Waals surface area contributed by atoms with E-state index in [2.05, 4.69) is 10.2 Å². The van der Waals surface area contributed by atoms with Crippen molar-refractivity contribution in [2.45, 2.75) is 12.6 Å². The summed E-state index contributed by atoms with van der Waals surface area (Å²) in [7, 11) is 0. The van der Waals surface area contributed by atoms with Crippen molar-refractivity contribution in [3.05, 3.63) is 16.8 Å². The molecule has 0 aliphatic carbocycles. The number of nitrogens with zero attached hydrogens (tertiary/aromatic N) is 2. The second-order valence-corrected chi connectivity index (χ2v) is 2.17. The summed E-state index contributed by atoms with van der Waals surface area (Å²) in [5, 5.41) is 22.5. The molecule has 3 N–H and O–H groups in total. The Morgan fingerprint density at radius 1 is 1.83 bits per heavy atom. The Hall–Kier alpha value is -1.63. The maximum atomic E-state index is 10.7. The highest BCUT2D eigenvalue weighted by Crippen LogP contribution is 1.86. The van der Waals surface area contributed by atoms with Crippen LogP contribution < -0.4 is 5.69 Å². The molecule has 0 saturated heterocycles. The van der Waals surface area contributed by atoms with Crippen LogP contribution in [0.2, 0.25) is 0 Å². The van der Waals surface area contributed by atoms with Gasteiger partial charge >= 0.3 is 11.7 Å². The van der Waals surface area contributed by atoms with Crippen molar-refractivity contribution in [2.75, 3.05) is 0 Å². The molecule has 7 heteroatoms. The van der Waals surface area contributed by atoms with Crippen LogP contribution in [0, 0.1) is 0 Å². The van der Waals surface area contributed by atoms with E-state index in [1.54, 1.807) is 0 Å². The van der Waals surface area contributed by atoms with E-state index in [0.29, 0.717) is 0 Å². The van der Waals surface area contributed by atoms with E-state index in [-0.39, 0.29) is 6.54 Å². The standard InChI is InChI=1S/C5H7N3O4/c9-3(4(10)11)1-8-2-6-7-5(8)12/h2-3,9H,1H2,(H,7,12)(H,10,11). The fourth-order valence-corrected chi connectivity index (χ4v) is 0.665. The molecule has 0 bridgehead atoms. The molecular weight excluding hydrogens is 166 g/mol. The van der Waals surface area contributed by atoms with Gasteiger partial charge in [0.25, 0.3) is 0 Å². The van der Waals surface area contributed by atoms with Gasteiger partial charge in [-0.2, -0.15) is 5.10 Å². The molecule has 12 heavy (non-hydrogen) atoms. The Bertz CT molecular complexity index is 327. The van der Waals surface area contributed by atoms with Crippen molar-refractivity contribution in [3.8, 4) is 0 Å². The SMILES string of the molecule is O=C(O)C(O)Cn1cn[nH]c1=O. The zero-order chi connectivity index (χ0) is 9.14. The number of carbonyl (C=O) groups is 1. The van der Waals surface area contributed by atoms with Gasteiger partial charge in [0.2, 0.25) is 0 Å². The number of hydrogen-bond acceptors (Lipinski definition) is 4. The van der Waals surface area contributed by atoms with Gasteiger partial charge in [0, 0.05) is 0 Å². The maximum Gasteiger partial charge on any atom is 0.343 e. The lowest BCUT2D eigenvalue weighted by Crippen LogP contribution is -2.29. The van der Waals surface area contributed by atoms with Gasteiger partial charge in [-0.3, -0.25) is 4.57 Å². The number of aliphatic hydroxyl groups excluding tert-OH is 1. The van der Waals surface area contributed by atoms with E-state index >= 15 is 0 Å². The normalized spacial score (nSPS) is 12.8. The van der Waals surface area contributed by atoms with Crippen LogP contribution in [0.15, 0.2) is 11.1 Å². The molecule has 7 nitrogen and oxygen atoms in total. The monoisotopic (exact) mass is 173 g/mol. The Balaban J connectivity index is 2.70. The number of H-pyrrole nitrogens is 1. The summed E-state index contributed by atoms with van der Waals surface area (Å²) in [6.45, 7) is -0.301. The number of aliphatic hydroxyl groups is 1. The quantitative estimate of drug-likeness (QED) is 0.490. The van der Waals surface area contributed by atoms with Crippen LogP contribution in [0.3, 0.4) is 0 Å². The summed E-state index contributed by atoms with van der Waals surface area (Å²) in [4.78, 5) is 20.9. The average Bonchev–Trinajstić information content (AvgIpc) is 2.36. The van der Waals surface area contributed by atoms with Crippen LogP contribution >= 0.6 is 0 Å². The van der Waals surface area contributed by atoms with Gasteiger partial charge in [-0.15, -0.1) is 0 Å². The van der Waals surface area contributed by atoms with E-state index in [1.807, 2.05) is 0 Å². The Labute approximate surface area is 66.3 Å². The number of aliphatic carboxylic acids is 1. The lowest BCUT2D eigenvalue weighted by molar-refractivity contribution is -0.147. The van der Waals surface area contributed by atoms with Crippen molar-refractivity contribution >= 4 is 5.97 Å². The number of nitrogens with one attached hydrogen (secondary N) is 1. The minimum absolute atomic E-state index is 0.301. The number of carboxylic acid groups (broad SMARTS) is 1. The summed E-state index contributed by atoms with van der Waals surface area (Å²) >= 11 is 0. The molecule has 0 spiro atoms. The van der Waals surface area contributed by atoms with E-state index in [4.69, 9.17) is 10.2 Å². The zero-order valence-corrected chi connectivity index (χ0v) is 5.97. The summed E-state index contributed by atoms with van der Waals surface area (Å²) < 4.78 is 0.971. The van der Waals surface area contributed by atoms with E-state index in [9.17, 15) is 9.59 Å². The maximum absolute atomic E-state index is 10.7. The minimum Gasteiger partial charge on any atom is -0.479 e. The summed E-state index contributed by atoms with van der Waals surface area (Å²) in [5.41, 5.74) is -0.546. The lowest BCUT2D eigenvalue weighted by Gasteiger charge is -2.03. The first-order valence-corrected chi connectivity index (χ1v) is 3.12. The lowest BCUT2D eigenvalue weighted by atomic mass is 10.3. The number of carboxylic acids is 1. The molecule has 1 atom stereocenters. The second kappa shape index (κ2) is 3.18. The first kappa shape index (κ1) is 8.47. The van der Waals surface area contributed by atoms with E-state index < -0.39 is 17.8 Å². The fourth-order valence-electron chi connectivity index (χ4n) is 0.665. The molecule has 0 aliphatic rings. The van der Waals surface area contributed by atoms with Crippen molar-refractivity contribution in [2.24, 2.45) is 0 Å². The molecule has 66 valence electrons. The molecule has 0 fully saturated rings. The highest BCUT2D eigenvalue weighted by molar-refractivity contribution is 5.71. The smallest absolute Gasteiger partial charge is 0.343 e. The van der Waals surface area contributed by atoms with Gasteiger partial charge in [-0.1, -0.05) is 0 Å². The third-order valence-corrected chi connectivity index (χ3v) is 1.27. The van der Waals surface area contributed by atoms with Gasteiger partial charge in [-0.25, -0.2) is 14.7 Å². The highest BCUT2D eigenvalue weighted by atomic mass is 16.4. The number of aromatic nitrogens is 3. The summed E-state index contributed by atoms with van der Waals surface area (Å²) in [5.74, 6) is -1.37. The van der Waals surface area contributed by atoms with Crippen LogP contribution in [0.4, 0.5) is 0 Å². The topological polar surface area (TPSA) is 108 Å². The molecule has 0 saturated carbocycles. The third-order valence-electron chi connectivity index (χ3n) is 1.27. The third kappa shape index (κ3) is 1.70. The Kier molecular flexibility index (Phi) is 2.24. The summed E-state index contributed by atoms with van der Waals surface area (Å²) in [6.07, 6.45) is -0.464. The predicted molar refractivity (Wildman–Crippen MR) is 36.5 cm³/mol. The molecule has 1 unspecified atom stereocenters. The molecule has 1 aromatic heterocycles. The molecular formula is C5H7N3O4. The van der Waals surface area contributed by atoms with Crippen LogP contribution in [-0.2, 0) is 11.3 Å². The highest BCUT2D eigenvalue weighted by Gasteiger charge is 2.14. The first-order chi connectivity index (χ1) is 5.61. The van der Waals surface area contributed by atoms with Gasteiger partial charge in [-0.05, 0) is 0 Å². The summed E-state index contributed by atoms with van der Waals surface area (Å²) in [6, 6.07) is 0. The van der Waals surface area contributed by atoms with Crippen LogP contribution in [0.1, 0.15) is 0 Å². The van der Waals surface area contributed by atoms with Crippen molar-refractivity contribution in [1.82, 2.24) is 14.8 Å². The number of hydrogen-bond donors (Lipinski definition) is 3. The second-order valence-electron chi connectivity index (χ2n) is 2.17. The van der Waals surface area contributed by atoms with E-state index in [1.165, 1.54) is 0 Å². The molecule has 1 heterocycles. The largest absolute Gasteiger partial charge is 0.479 e. The fraction of sp³-hybridized carbons (Fsp3) is 0.400. The molecule has 1 aromatic rings. The Morgan fingerprint density at radius 2 is 2.50 bits per heavy atom. The number of aromatic amines is 1. The van der Waals surface area contributed by atoms with Crippen molar-refractivity contribution in [1.29, 1.82) is 0 Å². The van der Waals surface area contributed by atoms with Gasteiger partial charge in [0.05, 0.1) is 6.54 Å². The molecule has 0 aromatic carbocycles. The van der Waals surface area contributed by atoms with Gasteiger partial charge in [0.1, 0.15) is 6.33 Å².